The van der Waals surface area contributed by atoms with Crippen molar-refractivity contribution in [3.05, 3.63) is 75.6 Å². The molecule has 0 unspecified atom stereocenters. The number of rotatable bonds is 18. The van der Waals surface area contributed by atoms with E-state index in [1.165, 1.54) is 75.1 Å². The molecule has 0 spiro atoms. The Kier molecular flexibility index (Phi) is 12.6. The fourth-order valence-electron chi connectivity index (χ4n) is 5.16. The van der Waals surface area contributed by atoms with Crippen molar-refractivity contribution in [1.82, 2.24) is 0 Å². The molecule has 0 aliphatic rings. The lowest BCUT2D eigenvalue weighted by molar-refractivity contribution is 0.0663. The van der Waals surface area contributed by atoms with Crippen LogP contribution in [0.4, 0.5) is 0 Å². The van der Waals surface area contributed by atoms with E-state index in [2.05, 4.69) is 32.0 Å². The van der Waals surface area contributed by atoms with Gasteiger partial charge in [0, 0.05) is 17.4 Å². The van der Waals surface area contributed by atoms with Crippen LogP contribution in [0.3, 0.4) is 0 Å². The van der Waals surface area contributed by atoms with Crippen molar-refractivity contribution >= 4 is 28.7 Å². The maximum Gasteiger partial charge on any atom is 0.371 e. The first-order valence-electron chi connectivity index (χ1n) is 14.6. The Morgan fingerprint density at radius 2 is 1.49 bits per heavy atom. The van der Waals surface area contributed by atoms with E-state index in [1.54, 1.807) is 18.2 Å². The number of aryl methyl sites for hydroxylation is 1. The molecule has 39 heavy (non-hydrogen) atoms. The van der Waals surface area contributed by atoms with E-state index < -0.39 is 16.3 Å². The Morgan fingerprint density at radius 1 is 0.846 bits per heavy atom. The molecule has 0 bridgehead atoms. The van der Waals surface area contributed by atoms with E-state index >= 15 is 0 Å². The first-order chi connectivity index (χ1) is 18.8. The maximum atomic E-state index is 12.3. The molecule has 3 aromatic rings. The van der Waals surface area contributed by atoms with E-state index in [1.807, 2.05) is 6.07 Å². The van der Waals surface area contributed by atoms with Crippen LogP contribution in [0.25, 0.3) is 11.0 Å². The van der Waals surface area contributed by atoms with Gasteiger partial charge < -0.3 is 14.6 Å². The third kappa shape index (κ3) is 9.84. The van der Waals surface area contributed by atoms with Gasteiger partial charge in [-0.2, -0.15) is 0 Å². The lowest BCUT2D eigenvalue weighted by Crippen LogP contribution is -2.27. The molecule has 6 heteroatoms. The predicted octanol–water partition coefficient (Wildman–Crippen LogP) is 8.78. The summed E-state index contributed by atoms with van der Waals surface area (Å²) in [5.74, 6) is -1.67. The summed E-state index contributed by atoms with van der Waals surface area (Å²) in [7, 11) is 0. The lowest BCUT2D eigenvalue weighted by Gasteiger charge is -2.28. The highest BCUT2D eigenvalue weighted by atomic mass is 32.2. The molecule has 2 aromatic carbocycles. The number of thioether (sulfide) groups is 1. The van der Waals surface area contributed by atoms with Crippen LogP contribution in [0.5, 0.6) is 0 Å². The van der Waals surface area contributed by atoms with Crippen molar-refractivity contribution in [3.8, 4) is 0 Å². The number of carbonyl (C=O) groups is 1. The summed E-state index contributed by atoms with van der Waals surface area (Å²) >= 11 is 1.34. The highest BCUT2D eigenvalue weighted by Gasteiger charge is 2.29. The molecular formula is C33H44O5S. The van der Waals surface area contributed by atoms with Gasteiger partial charge >= 0.3 is 5.97 Å². The van der Waals surface area contributed by atoms with Crippen LogP contribution in [-0.2, 0) is 12.8 Å². The number of hydrogen-bond donors (Lipinski definition) is 2. The van der Waals surface area contributed by atoms with E-state index in [9.17, 15) is 19.8 Å². The lowest BCUT2D eigenvalue weighted by atomic mass is 9.95. The Hall–Kier alpha value is -2.57. The normalized spacial score (nSPS) is 13.0. The average molecular weight is 553 g/mol. The van der Waals surface area contributed by atoms with Crippen LogP contribution in [0, 0.1) is 0 Å². The van der Waals surface area contributed by atoms with Crippen molar-refractivity contribution < 1.29 is 19.4 Å². The van der Waals surface area contributed by atoms with E-state index in [4.69, 9.17) is 4.42 Å². The molecule has 0 aliphatic heterocycles. The zero-order chi connectivity index (χ0) is 28.1. The number of unbranched alkanes of at least 4 members (excludes halogenated alkanes) is 9. The molecule has 1 atom stereocenters. The van der Waals surface area contributed by atoms with Crippen LogP contribution < -0.4 is 5.43 Å². The molecule has 2 N–H and O–H groups in total. The molecule has 1 aromatic heterocycles. The van der Waals surface area contributed by atoms with Gasteiger partial charge in [-0.15, -0.1) is 0 Å². The molecule has 0 saturated heterocycles. The van der Waals surface area contributed by atoms with Crippen LogP contribution in [0.2, 0.25) is 0 Å². The van der Waals surface area contributed by atoms with Gasteiger partial charge in [0.25, 0.3) is 0 Å². The minimum Gasteiger partial charge on any atom is -0.475 e. The number of aliphatic hydroxyl groups is 1. The Balaban J connectivity index is 1.62. The quantitative estimate of drug-likeness (QED) is 0.0931. The summed E-state index contributed by atoms with van der Waals surface area (Å²) in [6, 6.07) is 14.5. The highest BCUT2D eigenvalue weighted by molar-refractivity contribution is 8.00. The first-order valence-corrected chi connectivity index (χ1v) is 15.5. The molecule has 0 radical (unpaired) electrons. The Labute approximate surface area is 237 Å². The summed E-state index contributed by atoms with van der Waals surface area (Å²) in [6.07, 6.45) is 16.0. The standard InChI is InChI=1S/C33H44O5S/c1-3-5-6-7-8-9-10-11-12-13-16-25-17-14-15-18-26(25)24-33(37,21-4-2)39-27-19-20-28-29(34)23-31(32(35)36)38-30(28)22-27/h14-15,17-20,22-23,37H,3-13,16,21,24H2,1-2H3,(H,35,36)/t33-/m1/s1. The maximum absolute atomic E-state index is 12.3. The van der Waals surface area contributed by atoms with Crippen LogP contribution in [-0.4, -0.2) is 21.1 Å². The summed E-state index contributed by atoms with van der Waals surface area (Å²) < 4.78 is 5.46. The number of hydrogen-bond acceptors (Lipinski definition) is 5. The third-order valence-electron chi connectivity index (χ3n) is 7.24. The average Bonchev–Trinajstić information content (AvgIpc) is 2.90. The molecule has 0 saturated carbocycles. The molecule has 5 nitrogen and oxygen atoms in total. The third-order valence-corrected chi connectivity index (χ3v) is 8.46. The summed E-state index contributed by atoms with van der Waals surface area (Å²) in [6.45, 7) is 4.31. The number of benzene rings is 2. The zero-order valence-corrected chi connectivity index (χ0v) is 24.4. The van der Waals surface area contributed by atoms with Crippen LogP contribution in [0.15, 0.2) is 62.6 Å². The topological polar surface area (TPSA) is 87.7 Å². The smallest absolute Gasteiger partial charge is 0.371 e. The van der Waals surface area contributed by atoms with Gasteiger partial charge in [0.15, 0.2) is 5.43 Å². The fraction of sp³-hybridized carbons (Fsp3) is 0.515. The van der Waals surface area contributed by atoms with Gasteiger partial charge in [0.2, 0.25) is 5.76 Å². The molecule has 3 rings (SSSR count). The molecular weight excluding hydrogens is 508 g/mol. The molecule has 0 aliphatic carbocycles. The van der Waals surface area contributed by atoms with Gasteiger partial charge in [-0.1, -0.05) is 114 Å². The highest BCUT2D eigenvalue weighted by Crippen LogP contribution is 2.39. The van der Waals surface area contributed by atoms with Crippen LogP contribution in [0.1, 0.15) is 113 Å². The predicted molar refractivity (Wildman–Crippen MR) is 161 cm³/mol. The fourth-order valence-corrected chi connectivity index (χ4v) is 6.44. The van der Waals surface area contributed by atoms with E-state index in [0.717, 1.165) is 35.8 Å². The first kappa shape index (κ1) is 31.0. The van der Waals surface area contributed by atoms with E-state index in [0.29, 0.717) is 18.2 Å². The van der Waals surface area contributed by atoms with Crippen molar-refractivity contribution in [2.24, 2.45) is 0 Å². The SMILES string of the molecule is CCCCCCCCCCCCc1ccccc1C[C@@](O)(CCC)Sc1ccc2c(=O)cc(C(=O)O)oc2c1. The minimum atomic E-state index is -1.28. The minimum absolute atomic E-state index is 0.213. The van der Waals surface area contributed by atoms with Gasteiger partial charge in [-0.3, -0.25) is 4.79 Å². The monoisotopic (exact) mass is 552 g/mol. The number of aromatic carboxylic acids is 1. The van der Waals surface area contributed by atoms with Crippen LogP contribution >= 0.6 is 11.8 Å². The summed E-state index contributed by atoms with van der Waals surface area (Å²) in [5, 5.41) is 21.3. The summed E-state index contributed by atoms with van der Waals surface area (Å²) in [4.78, 5) is 23.3. The van der Waals surface area contributed by atoms with Gasteiger partial charge in [-0.05, 0) is 48.6 Å². The Morgan fingerprint density at radius 3 is 2.13 bits per heavy atom. The van der Waals surface area contributed by atoms with Crippen molar-refractivity contribution in [2.75, 3.05) is 0 Å². The molecule has 1 heterocycles. The number of carboxylic acid groups (broad SMARTS) is 1. The van der Waals surface area contributed by atoms with Gasteiger partial charge in [-0.25, -0.2) is 4.79 Å². The summed E-state index contributed by atoms with van der Waals surface area (Å²) in [5.41, 5.74) is 2.28. The van der Waals surface area contributed by atoms with Gasteiger partial charge in [0.1, 0.15) is 10.5 Å². The van der Waals surface area contributed by atoms with Gasteiger partial charge in [0.05, 0.1) is 5.39 Å². The molecule has 212 valence electrons. The molecule has 0 fully saturated rings. The second kappa shape index (κ2) is 15.9. The largest absolute Gasteiger partial charge is 0.475 e. The van der Waals surface area contributed by atoms with Crippen molar-refractivity contribution in [1.29, 1.82) is 0 Å². The molecule has 0 amide bonds. The van der Waals surface area contributed by atoms with E-state index in [-0.39, 0.29) is 11.3 Å². The van der Waals surface area contributed by atoms with Crippen molar-refractivity contribution in [2.45, 2.75) is 114 Å². The van der Waals surface area contributed by atoms with Crippen molar-refractivity contribution in [3.63, 3.8) is 0 Å². The Bertz CT molecular complexity index is 1250. The number of fused-ring (bicyclic) bond motifs is 1. The second-order valence-electron chi connectivity index (χ2n) is 10.6. The second-order valence-corrected chi connectivity index (χ2v) is 12.0. The zero-order valence-electron chi connectivity index (χ0n) is 23.5. The number of carboxylic acids is 1.